The van der Waals surface area contributed by atoms with Gasteiger partial charge in [0.05, 0.1) is 12.6 Å². The molecule has 1 fully saturated rings. The second-order valence-electron chi connectivity index (χ2n) is 8.00. The molecule has 2 aromatic rings. The molecule has 1 aliphatic rings. The molecule has 2 N–H and O–H groups in total. The Morgan fingerprint density at radius 2 is 1.59 bits per heavy atom. The van der Waals surface area contributed by atoms with Crippen LogP contribution in [0.5, 0.6) is 0 Å². The number of hydrogen-bond donors (Lipinski definition) is 2. The summed E-state index contributed by atoms with van der Waals surface area (Å²) in [7, 11) is 0. The first-order chi connectivity index (χ1) is 14.0. The van der Waals surface area contributed by atoms with Crippen molar-refractivity contribution in [3.05, 3.63) is 65.2 Å². The molecule has 0 aliphatic carbocycles. The van der Waals surface area contributed by atoms with E-state index >= 15 is 0 Å². The summed E-state index contributed by atoms with van der Waals surface area (Å²) in [5, 5.41) is 13.4. The summed E-state index contributed by atoms with van der Waals surface area (Å²) in [6.45, 7) is 9.23. The summed E-state index contributed by atoms with van der Waals surface area (Å²) in [5.41, 5.74) is 4.13. The lowest BCUT2D eigenvalue weighted by Crippen LogP contribution is -2.48. The fourth-order valence-corrected chi connectivity index (χ4v) is 3.91. The fraction of sp³-hybridized carbons (Fsp3) is 0.458. The van der Waals surface area contributed by atoms with Crippen LogP contribution in [-0.2, 0) is 4.79 Å². The molecule has 1 atom stereocenters. The van der Waals surface area contributed by atoms with Crippen molar-refractivity contribution in [2.24, 2.45) is 0 Å². The minimum atomic E-state index is -0.383. The number of nitrogens with zero attached hydrogens (tertiary/aromatic N) is 2. The number of para-hydroxylation sites is 1. The van der Waals surface area contributed by atoms with E-state index in [1.807, 2.05) is 62.4 Å². The Hall–Kier alpha value is -2.21. The van der Waals surface area contributed by atoms with E-state index in [9.17, 15) is 9.90 Å². The molecule has 2 aromatic carbocycles. The van der Waals surface area contributed by atoms with Gasteiger partial charge in [0.1, 0.15) is 0 Å². The molecule has 0 radical (unpaired) electrons. The Morgan fingerprint density at radius 3 is 2.24 bits per heavy atom. The molecule has 5 heteroatoms. The van der Waals surface area contributed by atoms with Gasteiger partial charge in [0.15, 0.2) is 0 Å². The van der Waals surface area contributed by atoms with E-state index in [1.54, 1.807) is 0 Å². The Bertz CT molecular complexity index is 766. The predicted octanol–water partition coefficient (Wildman–Crippen LogP) is 3.37. The molecule has 1 aliphatic heterocycles. The monoisotopic (exact) mass is 395 g/mol. The fourth-order valence-electron chi connectivity index (χ4n) is 3.91. The van der Waals surface area contributed by atoms with Crippen molar-refractivity contribution in [3.8, 4) is 0 Å². The number of amides is 1. The lowest BCUT2D eigenvalue weighted by molar-refractivity contribution is -0.117. The quantitative estimate of drug-likeness (QED) is 0.720. The molecule has 1 heterocycles. The van der Waals surface area contributed by atoms with Crippen LogP contribution in [0, 0.1) is 13.8 Å². The van der Waals surface area contributed by atoms with Crippen LogP contribution in [0.2, 0.25) is 0 Å². The number of carbonyl (C=O) groups is 1. The predicted molar refractivity (Wildman–Crippen MR) is 118 cm³/mol. The van der Waals surface area contributed by atoms with Crippen LogP contribution < -0.4 is 5.32 Å². The number of nitrogens with one attached hydrogen (secondary N) is 1. The van der Waals surface area contributed by atoms with Crippen LogP contribution in [0.15, 0.2) is 48.5 Å². The maximum atomic E-state index is 12.5. The molecule has 1 saturated heterocycles. The minimum Gasteiger partial charge on any atom is -0.388 e. The van der Waals surface area contributed by atoms with Crippen molar-refractivity contribution >= 4 is 11.6 Å². The summed E-state index contributed by atoms with van der Waals surface area (Å²) < 4.78 is 0. The lowest BCUT2D eigenvalue weighted by Gasteiger charge is -2.34. The zero-order valence-corrected chi connectivity index (χ0v) is 17.6. The summed E-state index contributed by atoms with van der Waals surface area (Å²) in [6.07, 6.45) is 1.37. The normalized spacial score (nSPS) is 16.5. The molecular formula is C24H33N3O2. The van der Waals surface area contributed by atoms with E-state index in [0.717, 1.165) is 67.9 Å². The van der Waals surface area contributed by atoms with Crippen molar-refractivity contribution in [1.82, 2.24) is 9.80 Å². The van der Waals surface area contributed by atoms with E-state index in [0.29, 0.717) is 6.54 Å². The number of anilines is 1. The number of benzene rings is 2. The van der Waals surface area contributed by atoms with Crippen molar-refractivity contribution in [2.45, 2.75) is 32.8 Å². The number of aliphatic hydroxyl groups is 1. The zero-order chi connectivity index (χ0) is 20.6. The van der Waals surface area contributed by atoms with E-state index in [1.165, 1.54) is 0 Å². The molecule has 0 aromatic heterocycles. The van der Waals surface area contributed by atoms with Gasteiger partial charge in [-0.25, -0.2) is 0 Å². The molecule has 3 rings (SSSR count). The summed E-state index contributed by atoms with van der Waals surface area (Å²) >= 11 is 0. The van der Waals surface area contributed by atoms with Crippen LogP contribution >= 0.6 is 0 Å². The maximum Gasteiger partial charge on any atom is 0.238 e. The smallest absolute Gasteiger partial charge is 0.238 e. The topological polar surface area (TPSA) is 55.8 Å². The molecular weight excluding hydrogens is 362 g/mol. The van der Waals surface area contributed by atoms with Crippen LogP contribution in [0.4, 0.5) is 5.69 Å². The van der Waals surface area contributed by atoms with Gasteiger partial charge in [0.25, 0.3) is 0 Å². The van der Waals surface area contributed by atoms with Crippen LogP contribution in [0.3, 0.4) is 0 Å². The van der Waals surface area contributed by atoms with Gasteiger partial charge in [-0.3, -0.25) is 9.69 Å². The average Bonchev–Trinajstić information content (AvgIpc) is 2.73. The van der Waals surface area contributed by atoms with Gasteiger partial charge in [-0.05, 0) is 49.9 Å². The van der Waals surface area contributed by atoms with E-state index in [-0.39, 0.29) is 12.0 Å². The van der Waals surface area contributed by atoms with Crippen molar-refractivity contribution in [3.63, 3.8) is 0 Å². The molecule has 0 saturated carbocycles. The van der Waals surface area contributed by atoms with Crippen molar-refractivity contribution < 1.29 is 9.90 Å². The highest BCUT2D eigenvalue weighted by Gasteiger charge is 2.19. The average molecular weight is 396 g/mol. The Labute approximate surface area is 174 Å². The first kappa shape index (κ1) is 21.5. The highest BCUT2D eigenvalue weighted by molar-refractivity contribution is 5.93. The number of hydrogen-bond acceptors (Lipinski definition) is 4. The molecule has 5 nitrogen and oxygen atoms in total. The molecule has 156 valence electrons. The highest BCUT2D eigenvalue weighted by atomic mass is 16.3. The Balaban J connectivity index is 1.35. The Kier molecular flexibility index (Phi) is 7.81. The third-order valence-corrected chi connectivity index (χ3v) is 5.71. The van der Waals surface area contributed by atoms with Gasteiger partial charge in [0.2, 0.25) is 5.91 Å². The second kappa shape index (κ2) is 10.5. The maximum absolute atomic E-state index is 12.5. The lowest BCUT2D eigenvalue weighted by atomic mass is 10.0. The van der Waals surface area contributed by atoms with Gasteiger partial charge >= 0.3 is 0 Å². The van der Waals surface area contributed by atoms with E-state index in [2.05, 4.69) is 15.1 Å². The Morgan fingerprint density at radius 1 is 0.966 bits per heavy atom. The minimum absolute atomic E-state index is 0.0573. The summed E-state index contributed by atoms with van der Waals surface area (Å²) in [6, 6.07) is 15.9. The molecule has 0 spiro atoms. The molecule has 1 amide bonds. The van der Waals surface area contributed by atoms with Crippen LogP contribution in [0.25, 0.3) is 0 Å². The first-order valence-electron chi connectivity index (χ1n) is 10.6. The third-order valence-electron chi connectivity index (χ3n) is 5.71. The van der Waals surface area contributed by atoms with Gasteiger partial charge in [-0.2, -0.15) is 0 Å². The largest absolute Gasteiger partial charge is 0.388 e. The summed E-state index contributed by atoms with van der Waals surface area (Å²) in [5.74, 6) is 0.0573. The van der Waals surface area contributed by atoms with Crippen LogP contribution in [-0.4, -0.2) is 60.1 Å². The van der Waals surface area contributed by atoms with E-state index < -0.39 is 0 Å². The van der Waals surface area contributed by atoms with Gasteiger partial charge < -0.3 is 15.3 Å². The van der Waals surface area contributed by atoms with Gasteiger partial charge in [0, 0.05) is 31.9 Å². The number of carbonyl (C=O) groups excluding carboxylic acids is 1. The number of aliphatic hydroxyl groups excluding tert-OH is 1. The second-order valence-corrected chi connectivity index (χ2v) is 8.00. The van der Waals surface area contributed by atoms with Crippen molar-refractivity contribution in [1.29, 1.82) is 0 Å². The van der Waals surface area contributed by atoms with Crippen molar-refractivity contribution in [2.75, 3.05) is 44.6 Å². The van der Waals surface area contributed by atoms with Gasteiger partial charge in [-0.1, -0.05) is 48.5 Å². The molecule has 1 unspecified atom stereocenters. The SMILES string of the molecule is Cc1cccc(C)c1NC(=O)CN1CCN(CCCC(O)c2ccccc2)CC1. The number of rotatable bonds is 8. The standard InChI is InChI=1S/C24H33N3O2/c1-19-8-6-9-20(2)24(19)25-23(29)18-27-16-14-26(15-17-27)13-7-12-22(28)21-10-4-3-5-11-21/h3-6,8-11,22,28H,7,12-18H2,1-2H3,(H,25,29). The van der Waals surface area contributed by atoms with Crippen LogP contribution in [0.1, 0.15) is 35.6 Å². The van der Waals surface area contributed by atoms with E-state index in [4.69, 9.17) is 0 Å². The zero-order valence-electron chi connectivity index (χ0n) is 17.6. The first-order valence-corrected chi connectivity index (χ1v) is 10.6. The van der Waals surface area contributed by atoms with Gasteiger partial charge in [-0.15, -0.1) is 0 Å². The molecule has 29 heavy (non-hydrogen) atoms. The molecule has 0 bridgehead atoms. The number of piperazine rings is 1. The highest BCUT2D eigenvalue weighted by Crippen LogP contribution is 2.20. The third kappa shape index (κ3) is 6.39. The summed E-state index contributed by atoms with van der Waals surface area (Å²) in [4.78, 5) is 17.1. The number of aryl methyl sites for hydroxylation is 2.